The summed E-state index contributed by atoms with van der Waals surface area (Å²) in [5, 5.41) is 10.0. The maximum absolute atomic E-state index is 11.8. The number of nitrogens with one attached hydrogen (secondary N) is 2. The highest BCUT2D eigenvalue weighted by Crippen LogP contribution is 2.11. The molecule has 3 aromatic rings. The Morgan fingerprint density at radius 3 is 2.65 bits per heavy atom. The van der Waals surface area contributed by atoms with Crippen LogP contribution in [-0.2, 0) is 13.1 Å². The van der Waals surface area contributed by atoms with Crippen LogP contribution in [0.15, 0.2) is 59.3 Å². The molecule has 2 aromatic heterocycles. The Bertz CT molecular complexity index is 763. The number of benzene rings is 1. The number of rotatable bonds is 5. The summed E-state index contributed by atoms with van der Waals surface area (Å²) in [4.78, 5) is 11.8. The number of nitrogens with zero attached hydrogens (tertiary/aromatic N) is 2. The van der Waals surface area contributed by atoms with Crippen LogP contribution in [0.1, 0.15) is 17.0 Å². The van der Waals surface area contributed by atoms with E-state index < -0.39 is 0 Å². The molecule has 0 radical (unpaired) electrons. The molecule has 0 aliphatic carbocycles. The molecule has 0 spiro atoms. The van der Waals surface area contributed by atoms with Gasteiger partial charge < -0.3 is 15.1 Å². The van der Waals surface area contributed by atoms with Gasteiger partial charge >= 0.3 is 6.03 Å². The summed E-state index contributed by atoms with van der Waals surface area (Å²) in [5.74, 6) is 0.716. The molecule has 2 amide bonds. The smallest absolute Gasteiger partial charge is 0.315 e. The number of para-hydroxylation sites is 1. The number of aromatic nitrogens is 2. The van der Waals surface area contributed by atoms with Crippen molar-refractivity contribution in [1.82, 2.24) is 20.4 Å². The molecule has 23 heavy (non-hydrogen) atoms. The van der Waals surface area contributed by atoms with Gasteiger partial charge in [-0.25, -0.2) is 9.48 Å². The van der Waals surface area contributed by atoms with Crippen LogP contribution in [-0.4, -0.2) is 15.8 Å². The largest absolute Gasteiger partial charge is 0.467 e. The highest BCUT2D eigenvalue weighted by Gasteiger charge is 2.08. The Kier molecular flexibility index (Phi) is 4.42. The molecule has 0 atom stereocenters. The van der Waals surface area contributed by atoms with E-state index >= 15 is 0 Å². The minimum absolute atomic E-state index is 0.242. The first kappa shape index (κ1) is 14.9. The Labute approximate surface area is 134 Å². The molecule has 3 rings (SSSR count). The predicted molar refractivity (Wildman–Crippen MR) is 86.1 cm³/mol. The monoisotopic (exact) mass is 310 g/mol. The molecular weight excluding hydrogens is 292 g/mol. The molecule has 0 fully saturated rings. The summed E-state index contributed by atoms with van der Waals surface area (Å²) in [6.07, 6.45) is 3.51. The average molecular weight is 310 g/mol. The Morgan fingerprint density at radius 2 is 1.91 bits per heavy atom. The van der Waals surface area contributed by atoms with Crippen molar-refractivity contribution < 1.29 is 9.21 Å². The van der Waals surface area contributed by atoms with Gasteiger partial charge in [0.15, 0.2) is 0 Å². The minimum Gasteiger partial charge on any atom is -0.467 e. The minimum atomic E-state index is -0.242. The fourth-order valence-electron chi connectivity index (χ4n) is 2.20. The van der Waals surface area contributed by atoms with E-state index in [2.05, 4.69) is 15.7 Å². The highest BCUT2D eigenvalue weighted by molar-refractivity contribution is 5.73. The molecule has 6 heteroatoms. The molecule has 118 valence electrons. The Morgan fingerprint density at radius 1 is 1.13 bits per heavy atom. The quantitative estimate of drug-likeness (QED) is 0.761. The molecule has 0 bridgehead atoms. The van der Waals surface area contributed by atoms with Crippen molar-refractivity contribution in [2.45, 2.75) is 20.0 Å². The molecule has 0 saturated heterocycles. The van der Waals surface area contributed by atoms with Crippen molar-refractivity contribution in [2.24, 2.45) is 0 Å². The van der Waals surface area contributed by atoms with Crippen LogP contribution in [0.25, 0.3) is 5.69 Å². The van der Waals surface area contributed by atoms with E-state index in [1.54, 1.807) is 12.3 Å². The third kappa shape index (κ3) is 3.79. The van der Waals surface area contributed by atoms with Gasteiger partial charge in [-0.3, -0.25) is 0 Å². The van der Waals surface area contributed by atoms with Crippen LogP contribution in [0.4, 0.5) is 4.79 Å². The fourth-order valence-corrected chi connectivity index (χ4v) is 2.20. The summed E-state index contributed by atoms with van der Waals surface area (Å²) in [6, 6.07) is 13.2. The van der Waals surface area contributed by atoms with Crippen LogP contribution in [0.3, 0.4) is 0 Å². The van der Waals surface area contributed by atoms with E-state index in [1.807, 2.05) is 54.2 Å². The third-order valence-corrected chi connectivity index (χ3v) is 3.46. The number of hydrogen-bond acceptors (Lipinski definition) is 3. The topological polar surface area (TPSA) is 72.1 Å². The number of urea groups is 1. The van der Waals surface area contributed by atoms with Gasteiger partial charge in [0.05, 0.1) is 24.2 Å². The molecule has 2 N–H and O–H groups in total. The molecule has 1 aromatic carbocycles. The number of carbonyl (C=O) groups is 1. The fraction of sp³-hybridized carbons (Fsp3) is 0.176. The number of hydrogen-bond donors (Lipinski definition) is 2. The standard InChI is InChI=1S/C17H18N4O2/c1-13-14(12-21(20-13)15-6-3-2-4-7-15)10-18-17(22)19-11-16-8-5-9-23-16/h2-9,12H,10-11H2,1H3,(H2,18,19,22). The van der Waals surface area contributed by atoms with Gasteiger partial charge in [-0.05, 0) is 31.2 Å². The van der Waals surface area contributed by atoms with Gasteiger partial charge in [-0.1, -0.05) is 18.2 Å². The van der Waals surface area contributed by atoms with Gasteiger partial charge in [-0.15, -0.1) is 0 Å². The van der Waals surface area contributed by atoms with E-state index in [-0.39, 0.29) is 6.03 Å². The number of aryl methyl sites for hydroxylation is 1. The summed E-state index contributed by atoms with van der Waals surface area (Å²) >= 11 is 0. The number of amides is 2. The van der Waals surface area contributed by atoms with Crippen molar-refractivity contribution in [1.29, 1.82) is 0 Å². The van der Waals surface area contributed by atoms with Gasteiger partial charge in [-0.2, -0.15) is 5.10 Å². The van der Waals surface area contributed by atoms with Gasteiger partial charge in [0.1, 0.15) is 5.76 Å². The SMILES string of the molecule is Cc1nn(-c2ccccc2)cc1CNC(=O)NCc1ccco1. The van der Waals surface area contributed by atoms with Crippen LogP contribution in [0, 0.1) is 6.92 Å². The van der Waals surface area contributed by atoms with E-state index in [1.165, 1.54) is 0 Å². The van der Waals surface area contributed by atoms with Gasteiger partial charge in [0, 0.05) is 18.3 Å². The van der Waals surface area contributed by atoms with Crippen molar-refractivity contribution in [3.8, 4) is 5.69 Å². The summed E-state index contributed by atoms with van der Waals surface area (Å²) < 4.78 is 6.97. The first-order valence-corrected chi connectivity index (χ1v) is 7.37. The van der Waals surface area contributed by atoms with Crippen LogP contribution in [0.2, 0.25) is 0 Å². The predicted octanol–water partition coefficient (Wildman–Crippen LogP) is 2.77. The second-order valence-corrected chi connectivity index (χ2v) is 5.14. The zero-order valence-corrected chi connectivity index (χ0v) is 12.8. The van der Waals surface area contributed by atoms with Crippen molar-refractivity contribution in [3.05, 3.63) is 71.9 Å². The maximum atomic E-state index is 11.8. The van der Waals surface area contributed by atoms with Crippen molar-refractivity contribution in [2.75, 3.05) is 0 Å². The van der Waals surface area contributed by atoms with E-state index in [4.69, 9.17) is 4.42 Å². The highest BCUT2D eigenvalue weighted by atomic mass is 16.3. The lowest BCUT2D eigenvalue weighted by molar-refractivity contribution is 0.239. The summed E-state index contributed by atoms with van der Waals surface area (Å²) in [5.41, 5.74) is 2.85. The molecule has 0 saturated carbocycles. The summed E-state index contributed by atoms with van der Waals surface area (Å²) in [7, 11) is 0. The zero-order chi connectivity index (χ0) is 16.1. The number of carbonyl (C=O) groups excluding carboxylic acids is 1. The van der Waals surface area contributed by atoms with Gasteiger partial charge in [0.25, 0.3) is 0 Å². The molecule has 0 aliphatic heterocycles. The lowest BCUT2D eigenvalue weighted by Gasteiger charge is -2.05. The van der Waals surface area contributed by atoms with E-state index in [0.717, 1.165) is 16.9 Å². The zero-order valence-electron chi connectivity index (χ0n) is 12.8. The molecule has 6 nitrogen and oxygen atoms in total. The van der Waals surface area contributed by atoms with E-state index in [9.17, 15) is 4.79 Å². The normalized spacial score (nSPS) is 10.5. The first-order chi connectivity index (χ1) is 11.2. The Balaban J connectivity index is 1.56. The second-order valence-electron chi connectivity index (χ2n) is 5.14. The molecule has 0 aliphatic rings. The maximum Gasteiger partial charge on any atom is 0.315 e. The van der Waals surface area contributed by atoms with Crippen LogP contribution < -0.4 is 10.6 Å². The molecule has 0 unspecified atom stereocenters. The lowest BCUT2D eigenvalue weighted by atomic mass is 10.2. The van der Waals surface area contributed by atoms with Gasteiger partial charge in [0.2, 0.25) is 0 Å². The van der Waals surface area contributed by atoms with E-state index in [0.29, 0.717) is 18.8 Å². The molecule has 2 heterocycles. The van der Waals surface area contributed by atoms with Crippen molar-refractivity contribution in [3.63, 3.8) is 0 Å². The third-order valence-electron chi connectivity index (χ3n) is 3.46. The lowest BCUT2D eigenvalue weighted by Crippen LogP contribution is -2.34. The van der Waals surface area contributed by atoms with Crippen molar-refractivity contribution >= 4 is 6.03 Å². The number of furan rings is 1. The first-order valence-electron chi connectivity index (χ1n) is 7.37. The van der Waals surface area contributed by atoms with Crippen LogP contribution in [0.5, 0.6) is 0 Å². The average Bonchev–Trinajstić information content (AvgIpc) is 3.21. The second kappa shape index (κ2) is 6.83. The molecular formula is C17H18N4O2. The van der Waals surface area contributed by atoms with Crippen LogP contribution >= 0.6 is 0 Å². The Hall–Kier alpha value is -3.02. The summed E-state index contributed by atoms with van der Waals surface area (Å²) in [6.45, 7) is 2.71.